The van der Waals surface area contributed by atoms with Crippen molar-refractivity contribution >= 4 is 12.2 Å². The number of nitrogens with one attached hydrogen (secondary N) is 2. The molecule has 1 aliphatic rings. The second kappa shape index (κ2) is 10.3. The van der Waals surface area contributed by atoms with Gasteiger partial charge in [-0.2, -0.15) is 0 Å². The van der Waals surface area contributed by atoms with Crippen LogP contribution in [0.1, 0.15) is 81.6 Å². The maximum absolute atomic E-state index is 12.5. The van der Waals surface area contributed by atoms with E-state index in [1.165, 1.54) is 0 Å². The molecule has 0 heterocycles. The molecule has 0 aromatic carbocycles. The summed E-state index contributed by atoms with van der Waals surface area (Å²) in [5.74, 6) is 0. The largest absolute Gasteiger partial charge is 0.444 e. The standard InChI is InChI=1S/C22H40N2O5/c1-10-15(11-2)27-17-13-14(3)12-16(23-19(25)28-21(4,5)6)18(17)24-20(26)29-22(7,8)9/h13,15-18H,10-12H2,1-9H3,(H,23,25)(H,24,26)/t16-,17+,18+/m0/s1. The van der Waals surface area contributed by atoms with Crippen LogP contribution in [-0.4, -0.2) is 47.7 Å². The predicted octanol–water partition coefficient (Wildman–Crippen LogP) is 4.70. The van der Waals surface area contributed by atoms with Gasteiger partial charge in [0.15, 0.2) is 0 Å². The Bertz CT molecular complexity index is 585. The Hall–Kier alpha value is -1.76. The number of hydrogen-bond acceptors (Lipinski definition) is 5. The van der Waals surface area contributed by atoms with Gasteiger partial charge in [0.2, 0.25) is 0 Å². The quantitative estimate of drug-likeness (QED) is 0.618. The highest BCUT2D eigenvalue weighted by Gasteiger charge is 2.38. The molecule has 0 aliphatic heterocycles. The van der Waals surface area contributed by atoms with Gasteiger partial charge in [-0.05, 0) is 67.7 Å². The van der Waals surface area contributed by atoms with Gasteiger partial charge in [-0.15, -0.1) is 0 Å². The summed E-state index contributed by atoms with van der Waals surface area (Å²) >= 11 is 0. The highest BCUT2D eigenvalue weighted by Crippen LogP contribution is 2.25. The first-order chi connectivity index (χ1) is 13.2. The number of rotatable bonds is 6. The molecule has 29 heavy (non-hydrogen) atoms. The van der Waals surface area contributed by atoms with Crippen LogP contribution in [0.5, 0.6) is 0 Å². The normalized spacial score (nSPS) is 22.7. The molecule has 0 aromatic heterocycles. The van der Waals surface area contributed by atoms with Crippen LogP contribution in [0.2, 0.25) is 0 Å². The number of carbonyl (C=O) groups is 2. The van der Waals surface area contributed by atoms with Crippen LogP contribution in [-0.2, 0) is 14.2 Å². The zero-order valence-corrected chi connectivity index (χ0v) is 19.5. The minimum absolute atomic E-state index is 0.0623. The zero-order valence-electron chi connectivity index (χ0n) is 19.5. The van der Waals surface area contributed by atoms with Crippen molar-refractivity contribution in [2.75, 3.05) is 0 Å². The molecule has 1 rings (SSSR count). The van der Waals surface area contributed by atoms with Crippen molar-refractivity contribution in [3.05, 3.63) is 11.6 Å². The maximum atomic E-state index is 12.5. The summed E-state index contributed by atoms with van der Waals surface area (Å²) < 4.78 is 17.1. The maximum Gasteiger partial charge on any atom is 0.408 e. The number of ether oxygens (including phenoxy) is 3. The summed E-state index contributed by atoms with van der Waals surface area (Å²) in [6, 6.07) is -0.844. The van der Waals surface area contributed by atoms with Crippen molar-refractivity contribution in [3.8, 4) is 0 Å². The summed E-state index contributed by atoms with van der Waals surface area (Å²) in [6.45, 7) is 17.0. The smallest absolute Gasteiger partial charge is 0.408 e. The van der Waals surface area contributed by atoms with Crippen molar-refractivity contribution in [3.63, 3.8) is 0 Å². The molecule has 0 saturated carbocycles. The van der Waals surface area contributed by atoms with E-state index in [0.717, 1.165) is 18.4 Å². The molecule has 0 aromatic rings. The van der Waals surface area contributed by atoms with Crippen molar-refractivity contribution in [1.29, 1.82) is 0 Å². The third kappa shape index (κ3) is 9.52. The Labute approximate surface area is 175 Å². The first kappa shape index (κ1) is 25.3. The average Bonchev–Trinajstić information content (AvgIpc) is 2.51. The van der Waals surface area contributed by atoms with E-state index in [0.29, 0.717) is 6.42 Å². The van der Waals surface area contributed by atoms with E-state index in [-0.39, 0.29) is 18.2 Å². The Morgan fingerprint density at radius 3 is 1.93 bits per heavy atom. The minimum atomic E-state index is -0.621. The number of hydrogen-bond donors (Lipinski definition) is 2. The van der Waals surface area contributed by atoms with Gasteiger partial charge in [0, 0.05) is 0 Å². The number of amides is 2. The summed E-state index contributed by atoms with van der Waals surface area (Å²) in [7, 11) is 0. The highest BCUT2D eigenvalue weighted by molar-refractivity contribution is 5.70. The molecule has 1 aliphatic carbocycles. The number of alkyl carbamates (subject to hydrolysis) is 2. The fraction of sp³-hybridized carbons (Fsp3) is 0.818. The van der Waals surface area contributed by atoms with Crippen molar-refractivity contribution < 1.29 is 23.8 Å². The summed E-state index contributed by atoms with van der Waals surface area (Å²) in [4.78, 5) is 24.9. The molecular formula is C22H40N2O5. The lowest BCUT2D eigenvalue weighted by molar-refractivity contribution is -0.0242. The van der Waals surface area contributed by atoms with Gasteiger partial charge < -0.3 is 24.8 Å². The summed E-state index contributed by atoms with van der Waals surface area (Å²) in [6.07, 6.45) is 2.97. The van der Waals surface area contributed by atoms with Crippen LogP contribution in [0.15, 0.2) is 11.6 Å². The molecule has 7 nitrogen and oxygen atoms in total. The van der Waals surface area contributed by atoms with Crippen molar-refractivity contribution in [2.24, 2.45) is 0 Å². The van der Waals surface area contributed by atoms with Gasteiger partial charge in [-0.25, -0.2) is 9.59 Å². The van der Waals surface area contributed by atoms with E-state index >= 15 is 0 Å². The van der Waals surface area contributed by atoms with Crippen LogP contribution < -0.4 is 10.6 Å². The molecule has 0 radical (unpaired) electrons. The first-order valence-corrected chi connectivity index (χ1v) is 10.6. The second-order valence-electron chi connectivity index (χ2n) is 9.68. The molecule has 0 bridgehead atoms. The Morgan fingerprint density at radius 1 is 1.00 bits per heavy atom. The van der Waals surface area contributed by atoms with Gasteiger partial charge in [-0.1, -0.05) is 25.5 Å². The lowest BCUT2D eigenvalue weighted by Gasteiger charge is -2.39. The van der Waals surface area contributed by atoms with E-state index in [1.54, 1.807) is 0 Å². The van der Waals surface area contributed by atoms with Crippen LogP contribution >= 0.6 is 0 Å². The zero-order chi connectivity index (χ0) is 22.4. The fourth-order valence-electron chi connectivity index (χ4n) is 3.21. The third-order valence-corrected chi connectivity index (χ3v) is 4.42. The molecular weight excluding hydrogens is 372 g/mol. The molecule has 0 spiro atoms. The van der Waals surface area contributed by atoms with Crippen LogP contribution in [0.4, 0.5) is 9.59 Å². The fourth-order valence-corrected chi connectivity index (χ4v) is 3.21. The lowest BCUT2D eigenvalue weighted by Crippen LogP contribution is -2.60. The minimum Gasteiger partial charge on any atom is -0.444 e. The van der Waals surface area contributed by atoms with E-state index < -0.39 is 29.4 Å². The summed E-state index contributed by atoms with van der Waals surface area (Å²) in [5.41, 5.74) is -0.141. The van der Waals surface area contributed by atoms with Crippen LogP contribution in [0, 0.1) is 0 Å². The van der Waals surface area contributed by atoms with Crippen molar-refractivity contribution in [2.45, 2.75) is 117 Å². The van der Waals surface area contributed by atoms with Crippen molar-refractivity contribution in [1.82, 2.24) is 10.6 Å². The van der Waals surface area contributed by atoms with E-state index in [1.807, 2.05) is 54.5 Å². The molecule has 2 N–H and O–H groups in total. The SMILES string of the molecule is CCC(CC)O[C@@H]1C=C(C)C[C@H](NC(=O)OC(C)(C)C)[C@H]1NC(=O)OC(C)(C)C. The van der Waals surface area contributed by atoms with Gasteiger partial charge in [0.05, 0.1) is 24.3 Å². The molecule has 7 heteroatoms. The topological polar surface area (TPSA) is 85.9 Å². The lowest BCUT2D eigenvalue weighted by atomic mass is 9.88. The molecule has 0 fully saturated rings. The highest BCUT2D eigenvalue weighted by atomic mass is 16.6. The van der Waals surface area contributed by atoms with E-state index in [9.17, 15) is 9.59 Å². The Kier molecular flexibility index (Phi) is 9.00. The van der Waals surface area contributed by atoms with Gasteiger partial charge in [-0.3, -0.25) is 0 Å². The molecule has 2 amide bonds. The Balaban J connectivity index is 3.06. The average molecular weight is 413 g/mol. The van der Waals surface area contributed by atoms with E-state index in [2.05, 4.69) is 24.5 Å². The van der Waals surface area contributed by atoms with Crippen LogP contribution in [0.25, 0.3) is 0 Å². The third-order valence-electron chi connectivity index (χ3n) is 4.42. The molecule has 0 unspecified atom stereocenters. The predicted molar refractivity (Wildman–Crippen MR) is 114 cm³/mol. The molecule has 0 saturated heterocycles. The van der Waals surface area contributed by atoms with Gasteiger partial charge in [0.25, 0.3) is 0 Å². The first-order valence-electron chi connectivity index (χ1n) is 10.6. The molecule has 3 atom stereocenters. The van der Waals surface area contributed by atoms with Gasteiger partial charge >= 0.3 is 12.2 Å². The van der Waals surface area contributed by atoms with E-state index in [4.69, 9.17) is 14.2 Å². The number of carbonyl (C=O) groups excluding carboxylic acids is 2. The molecule has 168 valence electrons. The Morgan fingerprint density at radius 2 is 1.48 bits per heavy atom. The second-order valence-corrected chi connectivity index (χ2v) is 9.68. The summed E-state index contributed by atoms with van der Waals surface area (Å²) in [5, 5.41) is 5.83. The van der Waals surface area contributed by atoms with Gasteiger partial charge in [0.1, 0.15) is 11.2 Å². The van der Waals surface area contributed by atoms with Crippen LogP contribution in [0.3, 0.4) is 0 Å². The monoisotopic (exact) mass is 412 g/mol.